The van der Waals surface area contributed by atoms with Crippen molar-refractivity contribution >= 4 is 28.7 Å². The summed E-state index contributed by atoms with van der Waals surface area (Å²) in [6.45, 7) is 0. The zero-order chi connectivity index (χ0) is 19.7. The molecule has 6 nitrogen and oxygen atoms in total. The quantitative estimate of drug-likeness (QED) is 0.699. The van der Waals surface area contributed by atoms with Crippen LogP contribution < -0.4 is 10.9 Å². The molecule has 8 heteroatoms. The second-order valence-electron chi connectivity index (χ2n) is 7.05. The number of halogens is 1. The number of aliphatic hydroxyl groups excluding tert-OH is 1. The van der Waals surface area contributed by atoms with Crippen molar-refractivity contribution in [1.29, 1.82) is 0 Å². The number of hydrogen-bond acceptors (Lipinski definition) is 6. The number of aromatic nitrogens is 3. The lowest BCUT2D eigenvalue weighted by atomic mass is 9.93. The number of rotatable bonds is 4. The van der Waals surface area contributed by atoms with Crippen molar-refractivity contribution in [1.82, 2.24) is 14.5 Å². The lowest BCUT2D eigenvalue weighted by molar-refractivity contribution is 0.126. The molecule has 1 aliphatic carbocycles. The van der Waals surface area contributed by atoms with Crippen LogP contribution in [0, 0.1) is 5.82 Å². The first kappa shape index (κ1) is 18.9. The average molecular weight is 400 g/mol. The van der Waals surface area contributed by atoms with Crippen LogP contribution in [0.15, 0.2) is 51.1 Å². The van der Waals surface area contributed by atoms with Gasteiger partial charge in [0, 0.05) is 29.6 Å². The van der Waals surface area contributed by atoms with E-state index < -0.39 is 0 Å². The smallest absolute Gasteiger partial charge is 0.265 e. The van der Waals surface area contributed by atoms with Gasteiger partial charge < -0.3 is 10.4 Å². The van der Waals surface area contributed by atoms with Gasteiger partial charge in [-0.1, -0.05) is 11.8 Å². The maximum Gasteiger partial charge on any atom is 0.265 e. The van der Waals surface area contributed by atoms with E-state index in [9.17, 15) is 14.3 Å². The number of aliphatic hydroxyl groups is 1. The molecule has 28 heavy (non-hydrogen) atoms. The molecule has 0 bridgehead atoms. The lowest BCUT2D eigenvalue weighted by Gasteiger charge is -2.26. The van der Waals surface area contributed by atoms with Crippen molar-refractivity contribution in [3.63, 3.8) is 0 Å². The topological polar surface area (TPSA) is 80.0 Å². The van der Waals surface area contributed by atoms with E-state index in [1.165, 1.54) is 28.5 Å². The van der Waals surface area contributed by atoms with Gasteiger partial charge in [-0.2, -0.15) is 4.98 Å². The van der Waals surface area contributed by atoms with E-state index in [-0.39, 0.29) is 23.5 Å². The van der Waals surface area contributed by atoms with E-state index in [1.54, 1.807) is 31.4 Å². The molecule has 1 fully saturated rings. The number of benzene rings is 1. The molecule has 0 amide bonds. The van der Waals surface area contributed by atoms with Gasteiger partial charge in [-0.05, 0) is 56.0 Å². The number of nitrogens with zero attached hydrogens (tertiary/aromatic N) is 3. The molecule has 1 aromatic carbocycles. The normalized spacial score (nSPS) is 19.7. The molecule has 1 aliphatic rings. The number of nitrogens with one attached hydrogen (secondary N) is 1. The van der Waals surface area contributed by atoms with Crippen LogP contribution in [0.3, 0.4) is 0 Å². The van der Waals surface area contributed by atoms with Crippen LogP contribution in [-0.2, 0) is 7.05 Å². The van der Waals surface area contributed by atoms with Gasteiger partial charge in [0.1, 0.15) is 11.5 Å². The Hall–Kier alpha value is -2.45. The van der Waals surface area contributed by atoms with Crippen LogP contribution in [0.2, 0.25) is 0 Å². The van der Waals surface area contributed by atoms with E-state index >= 15 is 0 Å². The zero-order valence-electron chi connectivity index (χ0n) is 15.4. The van der Waals surface area contributed by atoms with Crippen LogP contribution in [0.4, 0.5) is 10.3 Å². The van der Waals surface area contributed by atoms with Crippen molar-refractivity contribution in [3.05, 3.63) is 52.7 Å². The average Bonchev–Trinajstić information content (AvgIpc) is 2.70. The first-order chi connectivity index (χ1) is 13.5. The SMILES string of the molecule is Cn1c(=O)c(Sc2ccc(F)cc2)cc2cnc(NC3CCC(O)CC3)nc21. The maximum absolute atomic E-state index is 13.1. The van der Waals surface area contributed by atoms with Gasteiger partial charge in [-0.3, -0.25) is 9.36 Å². The van der Waals surface area contributed by atoms with E-state index in [4.69, 9.17) is 0 Å². The molecule has 1 saturated carbocycles. The molecule has 3 aromatic rings. The molecule has 0 radical (unpaired) electrons. The summed E-state index contributed by atoms with van der Waals surface area (Å²) in [6, 6.07) is 8.04. The van der Waals surface area contributed by atoms with E-state index in [2.05, 4.69) is 15.3 Å². The fraction of sp³-hybridized carbons (Fsp3) is 0.350. The predicted octanol–water partition coefficient (Wildman–Crippen LogP) is 3.33. The molecule has 0 spiro atoms. The van der Waals surface area contributed by atoms with Gasteiger partial charge in [0.15, 0.2) is 0 Å². The molecule has 0 saturated heterocycles. The Balaban J connectivity index is 1.60. The van der Waals surface area contributed by atoms with Crippen molar-refractivity contribution < 1.29 is 9.50 Å². The fourth-order valence-corrected chi connectivity index (χ4v) is 4.33. The Labute approximate surface area is 165 Å². The van der Waals surface area contributed by atoms with Gasteiger partial charge in [0.25, 0.3) is 5.56 Å². The van der Waals surface area contributed by atoms with Crippen LogP contribution in [-0.4, -0.2) is 31.8 Å². The molecule has 146 valence electrons. The minimum atomic E-state index is -0.309. The Morgan fingerprint density at radius 2 is 1.93 bits per heavy atom. The van der Waals surface area contributed by atoms with Crippen molar-refractivity contribution in [2.24, 2.45) is 7.05 Å². The van der Waals surface area contributed by atoms with Crippen molar-refractivity contribution in [3.8, 4) is 0 Å². The van der Waals surface area contributed by atoms with E-state index in [1.807, 2.05) is 0 Å². The molecular weight excluding hydrogens is 379 g/mol. The minimum absolute atomic E-state index is 0.160. The standard InChI is InChI=1S/C20H21FN4O2S/c1-25-18-12(10-17(19(25)27)28-16-8-2-13(21)3-9-16)11-22-20(24-18)23-14-4-6-15(26)7-5-14/h2-3,8-11,14-15,26H,4-7H2,1H3,(H,22,23,24). The molecule has 0 atom stereocenters. The number of pyridine rings is 1. The number of anilines is 1. The molecule has 2 heterocycles. The summed E-state index contributed by atoms with van der Waals surface area (Å²) in [6.07, 6.45) is 4.77. The first-order valence-electron chi connectivity index (χ1n) is 9.24. The Morgan fingerprint density at radius 1 is 1.21 bits per heavy atom. The second kappa shape index (κ2) is 7.89. The van der Waals surface area contributed by atoms with Crippen molar-refractivity contribution in [2.75, 3.05) is 5.32 Å². The molecule has 2 aromatic heterocycles. The number of hydrogen-bond donors (Lipinski definition) is 2. The Bertz CT molecular complexity index is 1050. The molecule has 4 rings (SSSR count). The highest BCUT2D eigenvalue weighted by Gasteiger charge is 2.20. The maximum atomic E-state index is 13.1. The highest BCUT2D eigenvalue weighted by atomic mass is 32.2. The third kappa shape index (κ3) is 4.02. The summed E-state index contributed by atoms with van der Waals surface area (Å²) in [5.41, 5.74) is 0.397. The summed E-state index contributed by atoms with van der Waals surface area (Å²) in [4.78, 5) is 23.0. The Kier molecular flexibility index (Phi) is 5.32. The summed E-state index contributed by atoms with van der Waals surface area (Å²) in [7, 11) is 1.69. The summed E-state index contributed by atoms with van der Waals surface area (Å²) >= 11 is 1.29. The van der Waals surface area contributed by atoms with Crippen LogP contribution in [0.25, 0.3) is 11.0 Å². The summed E-state index contributed by atoms with van der Waals surface area (Å²) in [5.74, 6) is 0.180. The van der Waals surface area contributed by atoms with Gasteiger partial charge in [-0.15, -0.1) is 0 Å². The van der Waals surface area contributed by atoms with Gasteiger partial charge in [-0.25, -0.2) is 9.37 Å². The monoisotopic (exact) mass is 400 g/mol. The number of fused-ring (bicyclic) bond motifs is 1. The summed E-state index contributed by atoms with van der Waals surface area (Å²) < 4.78 is 14.6. The van der Waals surface area contributed by atoms with Gasteiger partial charge in [0.2, 0.25) is 5.95 Å². The Morgan fingerprint density at radius 3 is 2.64 bits per heavy atom. The minimum Gasteiger partial charge on any atom is -0.393 e. The molecular formula is C20H21FN4O2S. The highest BCUT2D eigenvalue weighted by Crippen LogP contribution is 2.27. The van der Waals surface area contributed by atoms with Crippen molar-refractivity contribution in [2.45, 2.75) is 47.6 Å². The third-order valence-electron chi connectivity index (χ3n) is 4.99. The van der Waals surface area contributed by atoms with Crippen LogP contribution in [0.5, 0.6) is 0 Å². The van der Waals surface area contributed by atoms with Gasteiger partial charge in [0.05, 0.1) is 11.0 Å². The highest BCUT2D eigenvalue weighted by molar-refractivity contribution is 7.99. The number of aryl methyl sites for hydroxylation is 1. The summed E-state index contributed by atoms with van der Waals surface area (Å²) in [5, 5.41) is 13.7. The fourth-order valence-electron chi connectivity index (χ4n) is 3.39. The van der Waals surface area contributed by atoms with Gasteiger partial charge >= 0.3 is 0 Å². The lowest BCUT2D eigenvalue weighted by Crippen LogP contribution is -2.29. The first-order valence-corrected chi connectivity index (χ1v) is 10.1. The van der Waals surface area contributed by atoms with Crippen LogP contribution in [0.1, 0.15) is 25.7 Å². The second-order valence-corrected chi connectivity index (χ2v) is 8.17. The largest absolute Gasteiger partial charge is 0.393 e. The van der Waals surface area contributed by atoms with Crippen LogP contribution >= 0.6 is 11.8 Å². The van der Waals surface area contributed by atoms with E-state index in [0.717, 1.165) is 36.0 Å². The zero-order valence-corrected chi connectivity index (χ0v) is 16.2. The predicted molar refractivity (Wildman–Crippen MR) is 107 cm³/mol. The van der Waals surface area contributed by atoms with E-state index in [0.29, 0.717) is 16.5 Å². The molecule has 0 unspecified atom stereocenters. The third-order valence-corrected chi connectivity index (χ3v) is 6.01. The molecule has 2 N–H and O–H groups in total. The molecule has 0 aliphatic heterocycles.